The summed E-state index contributed by atoms with van der Waals surface area (Å²) in [5, 5.41) is 3.28. The van der Waals surface area contributed by atoms with Crippen LogP contribution in [0.5, 0.6) is 0 Å². The quantitative estimate of drug-likeness (QED) is 0.688. The SMILES string of the molecule is CN(Cc1cccc(Cl)c1)C(=O)CN1C(=O)NC(C)(c2cccc(Br)c2)C1=O. The first-order chi connectivity index (χ1) is 13.2. The first-order valence-corrected chi connectivity index (χ1v) is 9.76. The Hall–Kier alpha value is -2.38. The van der Waals surface area contributed by atoms with Crippen molar-refractivity contribution < 1.29 is 14.4 Å². The van der Waals surface area contributed by atoms with Gasteiger partial charge in [-0.1, -0.05) is 51.8 Å². The fourth-order valence-corrected chi connectivity index (χ4v) is 3.70. The summed E-state index contributed by atoms with van der Waals surface area (Å²) in [5.74, 6) is -0.804. The molecule has 6 nitrogen and oxygen atoms in total. The molecule has 0 aromatic heterocycles. The molecule has 2 aromatic rings. The van der Waals surface area contributed by atoms with Gasteiger partial charge in [0.2, 0.25) is 5.91 Å². The Kier molecular flexibility index (Phi) is 5.76. The number of carbonyl (C=O) groups excluding carboxylic acids is 3. The monoisotopic (exact) mass is 463 g/mol. The summed E-state index contributed by atoms with van der Waals surface area (Å²) in [5.41, 5.74) is 0.286. The van der Waals surface area contributed by atoms with Gasteiger partial charge in [0.05, 0.1) is 0 Å². The van der Waals surface area contributed by atoms with Crippen LogP contribution in [0.2, 0.25) is 5.02 Å². The van der Waals surface area contributed by atoms with Crippen LogP contribution in [0.4, 0.5) is 4.79 Å². The molecule has 1 aliphatic rings. The van der Waals surface area contributed by atoms with Crippen molar-refractivity contribution in [1.82, 2.24) is 15.1 Å². The molecule has 4 amide bonds. The maximum atomic E-state index is 12.9. The van der Waals surface area contributed by atoms with Gasteiger partial charge in [-0.05, 0) is 42.3 Å². The number of carbonyl (C=O) groups is 3. The molecule has 3 rings (SSSR count). The second-order valence-electron chi connectivity index (χ2n) is 6.84. The molecule has 0 saturated carbocycles. The van der Waals surface area contributed by atoms with Crippen molar-refractivity contribution in [3.63, 3.8) is 0 Å². The summed E-state index contributed by atoms with van der Waals surface area (Å²) < 4.78 is 0.795. The minimum Gasteiger partial charge on any atom is -0.340 e. The second-order valence-corrected chi connectivity index (χ2v) is 8.19. The minimum atomic E-state index is -1.22. The lowest BCUT2D eigenvalue weighted by molar-refractivity contribution is -0.138. The number of amides is 4. The highest BCUT2D eigenvalue weighted by Gasteiger charge is 2.49. The third-order valence-electron chi connectivity index (χ3n) is 4.70. The van der Waals surface area contributed by atoms with Gasteiger partial charge < -0.3 is 10.2 Å². The molecule has 1 aliphatic heterocycles. The van der Waals surface area contributed by atoms with E-state index < -0.39 is 17.5 Å². The lowest BCUT2D eigenvalue weighted by Crippen LogP contribution is -2.43. The van der Waals surface area contributed by atoms with Crippen molar-refractivity contribution in [2.75, 3.05) is 13.6 Å². The molecular weight excluding hydrogens is 446 g/mol. The molecule has 28 heavy (non-hydrogen) atoms. The van der Waals surface area contributed by atoms with E-state index in [1.54, 1.807) is 50.4 Å². The predicted octanol–water partition coefficient (Wildman–Crippen LogP) is 3.53. The summed E-state index contributed by atoms with van der Waals surface area (Å²) in [6.45, 7) is 1.63. The van der Waals surface area contributed by atoms with Gasteiger partial charge in [0, 0.05) is 23.1 Å². The zero-order valence-electron chi connectivity index (χ0n) is 15.4. The number of halogens is 2. The van der Waals surface area contributed by atoms with Crippen LogP contribution in [-0.4, -0.2) is 41.2 Å². The van der Waals surface area contributed by atoms with Crippen LogP contribution in [0.15, 0.2) is 53.0 Å². The van der Waals surface area contributed by atoms with Crippen LogP contribution in [-0.2, 0) is 21.7 Å². The molecule has 1 heterocycles. The van der Waals surface area contributed by atoms with Gasteiger partial charge in [-0.3, -0.25) is 14.5 Å². The lowest BCUT2D eigenvalue weighted by Gasteiger charge is -2.23. The largest absolute Gasteiger partial charge is 0.340 e. The second kappa shape index (κ2) is 7.93. The smallest absolute Gasteiger partial charge is 0.325 e. The zero-order chi connectivity index (χ0) is 20.5. The average molecular weight is 465 g/mol. The van der Waals surface area contributed by atoms with E-state index in [9.17, 15) is 14.4 Å². The van der Waals surface area contributed by atoms with Gasteiger partial charge in [0.1, 0.15) is 12.1 Å². The topological polar surface area (TPSA) is 69.7 Å². The Balaban J connectivity index is 1.72. The maximum Gasteiger partial charge on any atom is 0.325 e. The first-order valence-electron chi connectivity index (χ1n) is 8.59. The number of hydrogen-bond acceptors (Lipinski definition) is 3. The predicted molar refractivity (Wildman–Crippen MR) is 110 cm³/mol. The molecule has 146 valence electrons. The Labute approximate surface area is 176 Å². The number of nitrogens with one attached hydrogen (secondary N) is 1. The van der Waals surface area contributed by atoms with E-state index >= 15 is 0 Å². The summed E-state index contributed by atoms with van der Waals surface area (Å²) in [4.78, 5) is 40.4. The number of likely N-dealkylation sites (N-methyl/N-ethyl adjacent to an activating group) is 1. The van der Waals surface area contributed by atoms with Crippen LogP contribution in [0.3, 0.4) is 0 Å². The standard InChI is InChI=1S/C20H19BrClN3O3/c1-20(14-6-4-7-15(21)10-14)18(27)25(19(28)23-20)12-17(26)24(2)11-13-5-3-8-16(22)9-13/h3-10H,11-12H2,1-2H3,(H,23,28). The number of imide groups is 1. The number of benzene rings is 2. The molecule has 0 bridgehead atoms. The fraction of sp³-hybridized carbons (Fsp3) is 0.250. The minimum absolute atomic E-state index is 0.325. The highest BCUT2D eigenvalue weighted by Crippen LogP contribution is 2.30. The normalized spacial score (nSPS) is 18.9. The molecule has 1 unspecified atom stereocenters. The Morgan fingerprint density at radius 1 is 1.21 bits per heavy atom. The number of hydrogen-bond donors (Lipinski definition) is 1. The van der Waals surface area contributed by atoms with Crippen molar-refractivity contribution in [3.05, 3.63) is 69.2 Å². The Bertz CT molecular complexity index is 952. The maximum absolute atomic E-state index is 12.9. The third kappa shape index (κ3) is 4.05. The van der Waals surface area contributed by atoms with Crippen molar-refractivity contribution in [1.29, 1.82) is 0 Å². The van der Waals surface area contributed by atoms with Gasteiger partial charge >= 0.3 is 6.03 Å². The molecule has 1 fully saturated rings. The van der Waals surface area contributed by atoms with E-state index in [2.05, 4.69) is 21.2 Å². The molecule has 0 aliphatic carbocycles. The van der Waals surface area contributed by atoms with Crippen LogP contribution in [0.25, 0.3) is 0 Å². The summed E-state index contributed by atoms with van der Waals surface area (Å²) in [6.07, 6.45) is 0. The van der Waals surface area contributed by atoms with Gasteiger partial charge in [-0.15, -0.1) is 0 Å². The molecule has 8 heteroatoms. The summed E-state index contributed by atoms with van der Waals surface area (Å²) in [7, 11) is 1.62. The molecule has 1 saturated heterocycles. The van der Waals surface area contributed by atoms with Gasteiger partial charge in [-0.2, -0.15) is 0 Å². The van der Waals surface area contributed by atoms with Crippen LogP contribution in [0.1, 0.15) is 18.1 Å². The van der Waals surface area contributed by atoms with E-state index in [-0.39, 0.29) is 12.5 Å². The van der Waals surface area contributed by atoms with E-state index in [0.717, 1.165) is 14.9 Å². The van der Waals surface area contributed by atoms with Crippen molar-refractivity contribution >= 4 is 45.4 Å². The summed E-state index contributed by atoms with van der Waals surface area (Å²) in [6, 6.07) is 13.7. The van der Waals surface area contributed by atoms with Gasteiger partial charge in [0.15, 0.2) is 0 Å². The Morgan fingerprint density at radius 2 is 1.93 bits per heavy atom. The van der Waals surface area contributed by atoms with Crippen molar-refractivity contribution in [2.24, 2.45) is 0 Å². The number of urea groups is 1. The zero-order valence-corrected chi connectivity index (χ0v) is 17.8. The summed E-state index contributed by atoms with van der Waals surface area (Å²) >= 11 is 9.34. The van der Waals surface area contributed by atoms with Crippen LogP contribution >= 0.6 is 27.5 Å². The van der Waals surface area contributed by atoms with Gasteiger partial charge in [-0.25, -0.2) is 4.79 Å². The van der Waals surface area contributed by atoms with Crippen molar-refractivity contribution in [2.45, 2.75) is 19.0 Å². The highest BCUT2D eigenvalue weighted by molar-refractivity contribution is 9.10. The van der Waals surface area contributed by atoms with Crippen LogP contribution < -0.4 is 5.32 Å². The molecule has 1 N–H and O–H groups in total. The van der Waals surface area contributed by atoms with Gasteiger partial charge in [0.25, 0.3) is 5.91 Å². The number of rotatable bonds is 5. The highest BCUT2D eigenvalue weighted by atomic mass is 79.9. The van der Waals surface area contributed by atoms with E-state index in [0.29, 0.717) is 17.1 Å². The first kappa shape index (κ1) is 20.4. The lowest BCUT2D eigenvalue weighted by atomic mass is 9.92. The Morgan fingerprint density at radius 3 is 2.61 bits per heavy atom. The third-order valence-corrected chi connectivity index (χ3v) is 5.43. The average Bonchev–Trinajstić information content (AvgIpc) is 2.86. The van der Waals surface area contributed by atoms with E-state index in [1.165, 1.54) is 4.90 Å². The van der Waals surface area contributed by atoms with E-state index in [4.69, 9.17) is 11.6 Å². The fourth-order valence-electron chi connectivity index (χ4n) is 3.09. The van der Waals surface area contributed by atoms with Crippen LogP contribution in [0, 0.1) is 0 Å². The molecule has 2 aromatic carbocycles. The molecule has 1 atom stereocenters. The molecule has 0 spiro atoms. The van der Waals surface area contributed by atoms with Crippen molar-refractivity contribution in [3.8, 4) is 0 Å². The molecular formula is C20H19BrClN3O3. The molecule has 0 radical (unpaired) electrons. The number of nitrogens with zero attached hydrogens (tertiary/aromatic N) is 2. The van der Waals surface area contributed by atoms with E-state index in [1.807, 2.05) is 12.1 Å².